The quantitative estimate of drug-likeness (QED) is 0.620. The molecule has 0 heterocycles. The van der Waals surface area contributed by atoms with Crippen LogP contribution in [0.4, 0.5) is 0 Å². The molecule has 0 bridgehead atoms. The van der Waals surface area contributed by atoms with E-state index in [1.807, 2.05) is 13.0 Å². The summed E-state index contributed by atoms with van der Waals surface area (Å²) in [7, 11) is -3.00. The first-order valence-electron chi connectivity index (χ1n) is 7.72. The van der Waals surface area contributed by atoms with Crippen molar-refractivity contribution in [3.8, 4) is 0 Å². The van der Waals surface area contributed by atoms with Gasteiger partial charge >= 0.3 is 0 Å². The van der Waals surface area contributed by atoms with Crippen LogP contribution in [0, 0.1) is 5.92 Å². The van der Waals surface area contributed by atoms with Gasteiger partial charge < -0.3 is 0 Å². The van der Waals surface area contributed by atoms with Crippen molar-refractivity contribution >= 4 is 15.7 Å². The molecule has 1 amide bonds. The molecular weight excluding hydrogens is 302 g/mol. The van der Waals surface area contributed by atoms with Crippen LogP contribution < -0.4 is 5.48 Å². The Morgan fingerprint density at radius 1 is 1.36 bits per heavy atom. The van der Waals surface area contributed by atoms with Crippen molar-refractivity contribution < 1.29 is 18.4 Å². The van der Waals surface area contributed by atoms with Crippen LogP contribution in [-0.4, -0.2) is 31.0 Å². The molecule has 0 radical (unpaired) electrons. The maximum atomic E-state index is 12.1. The third kappa shape index (κ3) is 4.30. The zero-order valence-electron chi connectivity index (χ0n) is 12.8. The Balaban J connectivity index is 2.08. The molecule has 1 aromatic rings. The summed E-state index contributed by atoms with van der Waals surface area (Å²) >= 11 is 0. The highest BCUT2D eigenvalue weighted by atomic mass is 32.2. The van der Waals surface area contributed by atoms with Crippen LogP contribution in [0.3, 0.4) is 0 Å². The standard InChI is InChI=1S/C16H23NO4S/c1-2-3-8-22(20,21)11-12-4-5-13-6-7-14(16(18)17-19)10-15(13)9-12/h6-7,10,12,19H,2-5,8-9,11H2,1H3,(H,17,18). The van der Waals surface area contributed by atoms with E-state index in [9.17, 15) is 13.2 Å². The van der Waals surface area contributed by atoms with Crippen LogP contribution in [0.15, 0.2) is 18.2 Å². The van der Waals surface area contributed by atoms with Crippen molar-refractivity contribution in [2.75, 3.05) is 11.5 Å². The lowest BCUT2D eigenvalue weighted by Crippen LogP contribution is -2.25. The van der Waals surface area contributed by atoms with Gasteiger partial charge in [0.25, 0.3) is 5.91 Å². The van der Waals surface area contributed by atoms with Crippen LogP contribution in [0.2, 0.25) is 0 Å². The molecule has 0 aromatic heterocycles. The molecule has 1 aliphatic carbocycles. The second kappa shape index (κ2) is 7.24. The highest BCUT2D eigenvalue weighted by Crippen LogP contribution is 2.27. The van der Waals surface area contributed by atoms with Gasteiger partial charge in [0.05, 0.1) is 11.5 Å². The molecule has 22 heavy (non-hydrogen) atoms. The summed E-state index contributed by atoms with van der Waals surface area (Å²) in [4.78, 5) is 11.5. The van der Waals surface area contributed by atoms with Crippen molar-refractivity contribution in [2.45, 2.75) is 39.0 Å². The van der Waals surface area contributed by atoms with Crippen LogP contribution in [0.5, 0.6) is 0 Å². The molecule has 0 saturated carbocycles. The Bertz CT molecular complexity index is 640. The predicted octanol–water partition coefficient (Wildman–Crippen LogP) is 2.13. The molecule has 0 aliphatic heterocycles. The number of carbonyl (C=O) groups is 1. The number of unbranched alkanes of at least 4 members (excludes halogenated alkanes) is 1. The smallest absolute Gasteiger partial charge is 0.274 e. The highest BCUT2D eigenvalue weighted by molar-refractivity contribution is 7.91. The fourth-order valence-corrected chi connectivity index (χ4v) is 4.89. The molecule has 1 aromatic carbocycles. The average molecular weight is 325 g/mol. The summed E-state index contributed by atoms with van der Waals surface area (Å²) in [5.74, 6) is 0.0603. The van der Waals surface area contributed by atoms with Crippen molar-refractivity contribution in [1.29, 1.82) is 0 Å². The minimum atomic E-state index is -3.00. The number of carbonyl (C=O) groups excluding carboxylic acids is 1. The molecule has 5 nitrogen and oxygen atoms in total. The normalized spacial score (nSPS) is 17.8. The number of sulfone groups is 1. The summed E-state index contributed by atoms with van der Waals surface area (Å²) in [6, 6.07) is 5.33. The highest BCUT2D eigenvalue weighted by Gasteiger charge is 2.24. The molecule has 0 saturated heterocycles. The van der Waals surface area contributed by atoms with E-state index in [0.717, 1.165) is 30.4 Å². The zero-order valence-corrected chi connectivity index (χ0v) is 13.7. The maximum absolute atomic E-state index is 12.1. The molecule has 122 valence electrons. The van der Waals surface area contributed by atoms with Crippen LogP contribution in [0.1, 0.15) is 47.7 Å². The molecule has 1 unspecified atom stereocenters. The zero-order chi connectivity index (χ0) is 16.2. The SMILES string of the molecule is CCCCS(=O)(=O)CC1CCc2ccc(C(=O)NO)cc2C1. The van der Waals surface area contributed by atoms with E-state index in [1.54, 1.807) is 17.6 Å². The van der Waals surface area contributed by atoms with Crippen molar-refractivity contribution in [1.82, 2.24) is 5.48 Å². The summed E-state index contributed by atoms with van der Waals surface area (Å²) < 4.78 is 24.2. The van der Waals surface area contributed by atoms with E-state index in [-0.39, 0.29) is 17.4 Å². The summed E-state index contributed by atoms with van der Waals surface area (Å²) in [6.07, 6.45) is 3.97. The monoisotopic (exact) mass is 325 g/mol. The molecule has 1 aliphatic rings. The van der Waals surface area contributed by atoms with Gasteiger partial charge in [0, 0.05) is 5.56 Å². The van der Waals surface area contributed by atoms with E-state index in [1.165, 1.54) is 0 Å². The molecular formula is C16H23NO4S. The van der Waals surface area contributed by atoms with Crippen LogP contribution >= 0.6 is 0 Å². The Hall–Kier alpha value is -1.40. The first kappa shape index (κ1) is 17.0. The second-order valence-electron chi connectivity index (χ2n) is 6.00. The largest absolute Gasteiger partial charge is 0.288 e. The van der Waals surface area contributed by atoms with Gasteiger partial charge in [-0.3, -0.25) is 10.0 Å². The molecule has 1 atom stereocenters. The topological polar surface area (TPSA) is 83.5 Å². The van der Waals surface area contributed by atoms with Gasteiger partial charge in [-0.15, -0.1) is 0 Å². The first-order valence-corrected chi connectivity index (χ1v) is 9.54. The van der Waals surface area contributed by atoms with Crippen molar-refractivity contribution in [2.24, 2.45) is 5.92 Å². The van der Waals surface area contributed by atoms with Crippen molar-refractivity contribution in [3.05, 3.63) is 34.9 Å². The van der Waals surface area contributed by atoms with Gasteiger partial charge in [0.15, 0.2) is 9.84 Å². The van der Waals surface area contributed by atoms with E-state index in [0.29, 0.717) is 18.4 Å². The number of amides is 1. The number of fused-ring (bicyclic) bond motifs is 1. The van der Waals surface area contributed by atoms with E-state index in [4.69, 9.17) is 5.21 Å². The average Bonchev–Trinajstić information content (AvgIpc) is 2.51. The van der Waals surface area contributed by atoms with Crippen LogP contribution in [0.25, 0.3) is 0 Å². The molecule has 2 N–H and O–H groups in total. The van der Waals surface area contributed by atoms with Gasteiger partial charge in [-0.2, -0.15) is 0 Å². The maximum Gasteiger partial charge on any atom is 0.274 e. The Morgan fingerprint density at radius 3 is 2.82 bits per heavy atom. The molecule has 6 heteroatoms. The van der Waals surface area contributed by atoms with Gasteiger partial charge in [-0.05, 0) is 54.9 Å². The fraction of sp³-hybridized carbons (Fsp3) is 0.562. The summed E-state index contributed by atoms with van der Waals surface area (Å²) in [5.41, 5.74) is 4.21. The minimum absolute atomic E-state index is 0.113. The van der Waals surface area contributed by atoms with Crippen molar-refractivity contribution in [3.63, 3.8) is 0 Å². The Morgan fingerprint density at radius 2 is 2.14 bits per heavy atom. The lowest BCUT2D eigenvalue weighted by molar-refractivity contribution is 0.0706. The molecule has 0 fully saturated rings. The predicted molar refractivity (Wildman–Crippen MR) is 84.8 cm³/mol. The third-order valence-electron chi connectivity index (χ3n) is 4.20. The van der Waals surface area contributed by atoms with E-state index >= 15 is 0 Å². The second-order valence-corrected chi connectivity index (χ2v) is 8.23. The van der Waals surface area contributed by atoms with Gasteiger partial charge in [0.1, 0.15) is 0 Å². The number of nitrogens with one attached hydrogen (secondary N) is 1. The number of hydrogen-bond donors (Lipinski definition) is 2. The van der Waals surface area contributed by atoms with E-state index < -0.39 is 15.7 Å². The van der Waals surface area contributed by atoms with Gasteiger partial charge in [-0.25, -0.2) is 13.9 Å². The third-order valence-corrected chi connectivity index (χ3v) is 6.09. The number of hydroxylamine groups is 1. The van der Waals surface area contributed by atoms with Gasteiger partial charge in [-0.1, -0.05) is 19.4 Å². The lowest BCUT2D eigenvalue weighted by atomic mass is 9.84. The number of benzene rings is 1. The van der Waals surface area contributed by atoms with Crippen LogP contribution in [-0.2, 0) is 22.7 Å². The molecule has 2 rings (SSSR count). The number of rotatable bonds is 6. The minimum Gasteiger partial charge on any atom is -0.288 e. The van der Waals surface area contributed by atoms with E-state index in [2.05, 4.69) is 0 Å². The Labute approximate surface area is 131 Å². The Kier molecular flexibility index (Phi) is 5.58. The number of aryl methyl sites for hydroxylation is 1. The lowest BCUT2D eigenvalue weighted by Gasteiger charge is -2.25. The molecule has 0 spiro atoms. The van der Waals surface area contributed by atoms with Gasteiger partial charge in [0.2, 0.25) is 0 Å². The summed E-state index contributed by atoms with van der Waals surface area (Å²) in [5, 5.41) is 8.70. The first-order chi connectivity index (χ1) is 10.4. The summed E-state index contributed by atoms with van der Waals surface area (Å²) in [6.45, 7) is 1.99. The number of hydrogen-bond acceptors (Lipinski definition) is 4. The fourth-order valence-electron chi connectivity index (χ4n) is 2.99.